The van der Waals surface area contributed by atoms with Crippen LogP contribution in [0.5, 0.6) is 0 Å². The molecule has 6 nitrogen and oxygen atoms in total. The topological polar surface area (TPSA) is 47.3 Å². The molecular formula is C15H28IN5O. The largest absolute Gasteiger partial charge is 0.467 e. The van der Waals surface area contributed by atoms with Crippen molar-refractivity contribution >= 4 is 29.9 Å². The molecule has 2 heterocycles. The molecule has 1 saturated heterocycles. The Balaban J connectivity index is 0.00000242. The summed E-state index contributed by atoms with van der Waals surface area (Å²) in [6.07, 6.45) is 1.70. The van der Waals surface area contributed by atoms with Crippen molar-refractivity contribution in [3.8, 4) is 0 Å². The minimum Gasteiger partial charge on any atom is -0.467 e. The zero-order valence-electron chi connectivity index (χ0n) is 14.0. The van der Waals surface area contributed by atoms with E-state index in [9.17, 15) is 0 Å². The molecule has 0 aliphatic carbocycles. The Labute approximate surface area is 150 Å². The molecule has 0 amide bonds. The average Bonchev–Trinajstić information content (AvgIpc) is 2.96. The van der Waals surface area contributed by atoms with Gasteiger partial charge >= 0.3 is 0 Å². The summed E-state index contributed by atoms with van der Waals surface area (Å²) in [6.45, 7) is 4.95. The molecule has 0 saturated carbocycles. The van der Waals surface area contributed by atoms with Gasteiger partial charge in [-0.05, 0) is 26.2 Å². The Hall–Kier alpha value is -0.800. The molecule has 22 heavy (non-hydrogen) atoms. The van der Waals surface area contributed by atoms with E-state index in [1.54, 1.807) is 6.26 Å². The fraction of sp³-hybridized carbons (Fsp3) is 0.667. The fourth-order valence-electron chi connectivity index (χ4n) is 2.63. The van der Waals surface area contributed by atoms with Gasteiger partial charge in [-0.1, -0.05) is 0 Å². The molecule has 2 rings (SSSR count). The first-order valence-electron chi connectivity index (χ1n) is 7.43. The van der Waals surface area contributed by atoms with Gasteiger partial charge in [0.1, 0.15) is 5.76 Å². The van der Waals surface area contributed by atoms with Gasteiger partial charge in [0.25, 0.3) is 0 Å². The monoisotopic (exact) mass is 421 g/mol. The van der Waals surface area contributed by atoms with Crippen molar-refractivity contribution in [2.24, 2.45) is 4.99 Å². The van der Waals surface area contributed by atoms with E-state index >= 15 is 0 Å². The van der Waals surface area contributed by atoms with Crippen LogP contribution in [0.25, 0.3) is 0 Å². The maximum absolute atomic E-state index is 5.39. The van der Waals surface area contributed by atoms with Gasteiger partial charge in [-0.25, -0.2) is 0 Å². The van der Waals surface area contributed by atoms with Crippen LogP contribution in [0.2, 0.25) is 0 Å². The number of furan rings is 1. The Morgan fingerprint density at radius 2 is 2.23 bits per heavy atom. The van der Waals surface area contributed by atoms with Crippen LogP contribution < -0.4 is 5.32 Å². The van der Waals surface area contributed by atoms with Crippen LogP contribution in [0.1, 0.15) is 5.76 Å². The van der Waals surface area contributed by atoms with Crippen LogP contribution in [0.4, 0.5) is 0 Å². The average molecular weight is 421 g/mol. The molecule has 1 aliphatic heterocycles. The third kappa shape index (κ3) is 5.44. The lowest BCUT2D eigenvalue weighted by Gasteiger charge is -2.38. The molecule has 1 N–H and O–H groups in total. The maximum Gasteiger partial charge on any atom is 0.193 e. The second-order valence-corrected chi connectivity index (χ2v) is 5.76. The van der Waals surface area contributed by atoms with E-state index in [0.717, 1.165) is 37.9 Å². The zero-order valence-corrected chi connectivity index (χ0v) is 16.3. The van der Waals surface area contributed by atoms with E-state index in [-0.39, 0.29) is 24.0 Å². The van der Waals surface area contributed by atoms with Crippen LogP contribution in [-0.2, 0) is 6.54 Å². The van der Waals surface area contributed by atoms with Gasteiger partial charge < -0.3 is 19.5 Å². The Morgan fingerprint density at radius 3 is 2.86 bits per heavy atom. The Morgan fingerprint density at radius 1 is 1.45 bits per heavy atom. The van der Waals surface area contributed by atoms with Gasteiger partial charge in [-0.2, -0.15) is 0 Å². The number of piperazine rings is 1. The first-order chi connectivity index (χ1) is 10.1. The van der Waals surface area contributed by atoms with E-state index in [0.29, 0.717) is 12.6 Å². The first kappa shape index (κ1) is 19.2. The zero-order chi connectivity index (χ0) is 15.2. The van der Waals surface area contributed by atoms with E-state index in [2.05, 4.69) is 39.1 Å². The minimum atomic E-state index is 0. The van der Waals surface area contributed by atoms with E-state index in [1.807, 2.05) is 26.2 Å². The molecule has 1 unspecified atom stereocenters. The van der Waals surface area contributed by atoms with Crippen LogP contribution in [-0.4, -0.2) is 81.1 Å². The SMILES string of the molecule is CN=C(NCC1CN(C)CCN1C)N(C)Cc1ccco1.I. The standard InChI is InChI=1S/C15H27N5O.HI/c1-16-15(20(4)12-14-6-5-9-21-14)17-10-13-11-18(2)7-8-19(13)3;/h5-6,9,13H,7-8,10-12H2,1-4H3,(H,16,17);1H. The number of likely N-dealkylation sites (N-methyl/N-ethyl adjacent to an activating group) is 2. The summed E-state index contributed by atoms with van der Waals surface area (Å²) >= 11 is 0. The van der Waals surface area contributed by atoms with E-state index < -0.39 is 0 Å². The van der Waals surface area contributed by atoms with Crippen molar-refractivity contribution < 1.29 is 4.42 Å². The molecule has 0 radical (unpaired) electrons. The quantitative estimate of drug-likeness (QED) is 0.449. The highest BCUT2D eigenvalue weighted by Gasteiger charge is 2.22. The summed E-state index contributed by atoms with van der Waals surface area (Å²) < 4.78 is 5.39. The molecule has 1 aromatic rings. The second kappa shape index (κ2) is 9.36. The lowest BCUT2D eigenvalue weighted by Crippen LogP contribution is -2.55. The molecule has 1 aliphatic rings. The van der Waals surface area contributed by atoms with Crippen LogP contribution in [0.15, 0.2) is 27.8 Å². The van der Waals surface area contributed by atoms with Gasteiger partial charge in [0.15, 0.2) is 5.96 Å². The Bertz CT molecular complexity index is 451. The molecule has 0 bridgehead atoms. The highest BCUT2D eigenvalue weighted by atomic mass is 127. The Kier molecular flexibility index (Phi) is 8.19. The summed E-state index contributed by atoms with van der Waals surface area (Å²) in [6, 6.07) is 4.40. The van der Waals surface area contributed by atoms with Crippen molar-refractivity contribution in [2.75, 3.05) is 54.4 Å². The number of nitrogens with one attached hydrogen (secondary N) is 1. The van der Waals surface area contributed by atoms with E-state index in [4.69, 9.17) is 4.42 Å². The molecule has 1 aromatic heterocycles. The van der Waals surface area contributed by atoms with Crippen molar-refractivity contribution in [3.05, 3.63) is 24.2 Å². The van der Waals surface area contributed by atoms with Gasteiger partial charge in [0.2, 0.25) is 0 Å². The molecule has 1 fully saturated rings. The van der Waals surface area contributed by atoms with Crippen molar-refractivity contribution in [1.82, 2.24) is 20.0 Å². The fourth-order valence-corrected chi connectivity index (χ4v) is 2.63. The highest BCUT2D eigenvalue weighted by molar-refractivity contribution is 14.0. The normalized spacial score (nSPS) is 20.5. The second-order valence-electron chi connectivity index (χ2n) is 5.76. The van der Waals surface area contributed by atoms with Crippen molar-refractivity contribution in [2.45, 2.75) is 12.6 Å². The number of guanidine groups is 1. The third-order valence-corrected chi connectivity index (χ3v) is 4.02. The summed E-state index contributed by atoms with van der Waals surface area (Å²) in [7, 11) is 8.21. The smallest absolute Gasteiger partial charge is 0.193 e. The highest BCUT2D eigenvalue weighted by Crippen LogP contribution is 2.06. The van der Waals surface area contributed by atoms with Crippen LogP contribution in [0.3, 0.4) is 0 Å². The summed E-state index contributed by atoms with van der Waals surface area (Å²) in [4.78, 5) is 11.2. The van der Waals surface area contributed by atoms with Gasteiger partial charge in [-0.15, -0.1) is 24.0 Å². The number of aliphatic imine (C=N–C) groups is 1. The predicted molar refractivity (Wildman–Crippen MR) is 101 cm³/mol. The summed E-state index contributed by atoms with van der Waals surface area (Å²) in [5.74, 6) is 1.84. The summed E-state index contributed by atoms with van der Waals surface area (Å²) in [5.41, 5.74) is 0. The van der Waals surface area contributed by atoms with Crippen LogP contribution in [0, 0.1) is 0 Å². The molecule has 1 atom stereocenters. The molecule has 0 spiro atoms. The third-order valence-electron chi connectivity index (χ3n) is 4.02. The molecule has 126 valence electrons. The predicted octanol–water partition coefficient (Wildman–Crippen LogP) is 1.15. The number of nitrogens with zero attached hydrogens (tertiary/aromatic N) is 4. The molecule has 7 heteroatoms. The van der Waals surface area contributed by atoms with Crippen molar-refractivity contribution in [3.63, 3.8) is 0 Å². The van der Waals surface area contributed by atoms with Crippen molar-refractivity contribution in [1.29, 1.82) is 0 Å². The number of hydrogen-bond acceptors (Lipinski definition) is 4. The van der Waals surface area contributed by atoms with Gasteiger partial charge in [0, 0.05) is 46.3 Å². The first-order valence-corrected chi connectivity index (χ1v) is 7.43. The van der Waals surface area contributed by atoms with Crippen LogP contribution >= 0.6 is 24.0 Å². The van der Waals surface area contributed by atoms with E-state index in [1.165, 1.54) is 0 Å². The maximum atomic E-state index is 5.39. The number of hydrogen-bond donors (Lipinski definition) is 1. The van der Waals surface area contributed by atoms with Gasteiger partial charge in [0.05, 0.1) is 12.8 Å². The lowest BCUT2D eigenvalue weighted by atomic mass is 10.2. The summed E-state index contributed by atoms with van der Waals surface area (Å²) in [5, 5.41) is 3.47. The lowest BCUT2D eigenvalue weighted by molar-refractivity contribution is 0.116. The van der Waals surface area contributed by atoms with Gasteiger partial charge in [-0.3, -0.25) is 9.89 Å². The number of rotatable bonds is 4. The number of halogens is 1. The molecular weight excluding hydrogens is 393 g/mol. The minimum absolute atomic E-state index is 0. The molecule has 0 aromatic carbocycles.